The molecule has 1 aliphatic rings. The van der Waals surface area contributed by atoms with Gasteiger partial charge in [-0.25, -0.2) is 13.1 Å². The van der Waals surface area contributed by atoms with Crippen LogP contribution in [0.1, 0.15) is 25.6 Å². The lowest BCUT2D eigenvalue weighted by Gasteiger charge is -2.56. The van der Waals surface area contributed by atoms with E-state index in [0.717, 1.165) is 11.3 Å². The SMILES string of the molecule is COC1C(C)C(NS(=O)(=O)c2ccc(C#N)s2)C1(C)C. The quantitative estimate of drug-likeness (QED) is 0.921. The Kier molecular flexibility index (Phi) is 3.95. The zero-order valence-corrected chi connectivity index (χ0v) is 13.5. The Morgan fingerprint density at radius 3 is 2.55 bits per heavy atom. The summed E-state index contributed by atoms with van der Waals surface area (Å²) in [7, 11) is -1.94. The first-order valence-electron chi connectivity index (χ1n) is 6.29. The van der Waals surface area contributed by atoms with Gasteiger partial charge in [0.05, 0.1) is 6.10 Å². The van der Waals surface area contributed by atoms with E-state index < -0.39 is 10.0 Å². The topological polar surface area (TPSA) is 79.2 Å². The Hall–Kier alpha value is -0.940. The van der Waals surface area contributed by atoms with Gasteiger partial charge in [-0.1, -0.05) is 20.8 Å². The molecule has 0 aromatic carbocycles. The van der Waals surface area contributed by atoms with Crippen molar-refractivity contribution in [3.8, 4) is 6.07 Å². The highest BCUT2D eigenvalue weighted by Crippen LogP contribution is 2.47. The molecule has 1 aliphatic carbocycles. The highest BCUT2D eigenvalue weighted by Gasteiger charge is 2.56. The fraction of sp³-hybridized carbons (Fsp3) is 0.615. The van der Waals surface area contributed by atoms with Crippen molar-refractivity contribution in [2.45, 2.75) is 37.1 Å². The van der Waals surface area contributed by atoms with Crippen LogP contribution in [0, 0.1) is 22.7 Å². The van der Waals surface area contributed by atoms with Crippen molar-refractivity contribution >= 4 is 21.4 Å². The summed E-state index contributed by atoms with van der Waals surface area (Å²) in [6, 6.07) is 4.76. The Bertz CT molecular complexity index is 643. The molecule has 20 heavy (non-hydrogen) atoms. The first kappa shape index (κ1) is 15.4. The van der Waals surface area contributed by atoms with Gasteiger partial charge in [0.15, 0.2) is 0 Å². The van der Waals surface area contributed by atoms with Crippen molar-refractivity contribution in [1.82, 2.24) is 4.72 Å². The summed E-state index contributed by atoms with van der Waals surface area (Å²) < 4.78 is 33.0. The zero-order chi connectivity index (χ0) is 15.1. The molecule has 0 radical (unpaired) electrons. The second kappa shape index (κ2) is 5.11. The predicted octanol–water partition coefficient (Wildman–Crippen LogP) is 1.96. The summed E-state index contributed by atoms with van der Waals surface area (Å²) in [5.74, 6) is 0.111. The van der Waals surface area contributed by atoms with Crippen LogP contribution in [0.3, 0.4) is 0 Å². The predicted molar refractivity (Wildman–Crippen MR) is 76.9 cm³/mol. The minimum atomic E-state index is -3.58. The molecule has 110 valence electrons. The van der Waals surface area contributed by atoms with Crippen molar-refractivity contribution in [3.63, 3.8) is 0 Å². The number of methoxy groups -OCH3 is 1. The third kappa shape index (κ3) is 2.37. The maximum atomic E-state index is 12.3. The zero-order valence-electron chi connectivity index (χ0n) is 11.9. The maximum absolute atomic E-state index is 12.3. The molecule has 0 aliphatic heterocycles. The van der Waals surface area contributed by atoms with Gasteiger partial charge in [-0.15, -0.1) is 11.3 Å². The van der Waals surface area contributed by atoms with Crippen LogP contribution in [0.2, 0.25) is 0 Å². The van der Waals surface area contributed by atoms with Gasteiger partial charge < -0.3 is 4.74 Å². The minimum absolute atomic E-state index is 0.0354. The summed E-state index contributed by atoms with van der Waals surface area (Å²) in [6.07, 6.45) is 0.0354. The van der Waals surface area contributed by atoms with E-state index in [4.69, 9.17) is 10.00 Å². The number of sulfonamides is 1. The first-order chi connectivity index (χ1) is 9.24. The van der Waals surface area contributed by atoms with E-state index in [2.05, 4.69) is 4.72 Å². The lowest BCUT2D eigenvalue weighted by Crippen LogP contribution is -2.67. The van der Waals surface area contributed by atoms with E-state index in [1.54, 1.807) is 7.11 Å². The van der Waals surface area contributed by atoms with Crippen molar-refractivity contribution in [2.24, 2.45) is 11.3 Å². The molecule has 3 atom stereocenters. The van der Waals surface area contributed by atoms with Gasteiger partial charge in [0.25, 0.3) is 0 Å². The minimum Gasteiger partial charge on any atom is -0.380 e. The summed E-state index contributed by atoms with van der Waals surface area (Å²) in [5.41, 5.74) is -0.253. The molecule has 1 saturated carbocycles. The van der Waals surface area contributed by atoms with Crippen LogP contribution in [-0.4, -0.2) is 27.7 Å². The second-order valence-electron chi connectivity index (χ2n) is 5.67. The molecule has 2 rings (SSSR count). The molecule has 7 heteroatoms. The second-order valence-corrected chi connectivity index (χ2v) is 8.69. The molecule has 1 fully saturated rings. The standard InChI is InChI=1S/C13H18N2O3S2/c1-8-11(13(2,3)12(8)18-4)15-20(16,17)10-6-5-9(7-14)19-10/h5-6,8,11-12,15H,1-4H3. The van der Waals surface area contributed by atoms with E-state index in [1.165, 1.54) is 12.1 Å². The monoisotopic (exact) mass is 314 g/mol. The Morgan fingerprint density at radius 2 is 2.10 bits per heavy atom. The van der Waals surface area contributed by atoms with Gasteiger partial charge in [0, 0.05) is 18.6 Å². The molecular weight excluding hydrogens is 296 g/mol. The lowest BCUT2D eigenvalue weighted by atomic mass is 9.58. The molecule has 0 saturated heterocycles. The first-order valence-corrected chi connectivity index (χ1v) is 8.59. The normalized spacial score (nSPS) is 28.6. The van der Waals surface area contributed by atoms with E-state index in [1.807, 2.05) is 26.8 Å². The Balaban J connectivity index is 2.20. The molecule has 0 spiro atoms. The smallest absolute Gasteiger partial charge is 0.250 e. The number of ether oxygens (including phenoxy) is 1. The average molecular weight is 314 g/mol. The molecule has 1 aromatic rings. The third-order valence-electron chi connectivity index (χ3n) is 4.03. The van der Waals surface area contributed by atoms with Gasteiger partial charge >= 0.3 is 0 Å². The summed E-state index contributed by atoms with van der Waals surface area (Å²) in [6.45, 7) is 5.95. The summed E-state index contributed by atoms with van der Waals surface area (Å²) in [4.78, 5) is 0.390. The van der Waals surface area contributed by atoms with Gasteiger partial charge in [0.1, 0.15) is 15.2 Å². The number of nitriles is 1. The number of thiophene rings is 1. The van der Waals surface area contributed by atoms with Crippen LogP contribution in [0.4, 0.5) is 0 Å². The van der Waals surface area contributed by atoms with Crippen molar-refractivity contribution in [3.05, 3.63) is 17.0 Å². The molecule has 1 aromatic heterocycles. The lowest BCUT2D eigenvalue weighted by molar-refractivity contribution is -0.138. The van der Waals surface area contributed by atoms with E-state index in [-0.39, 0.29) is 27.7 Å². The van der Waals surface area contributed by atoms with E-state index in [0.29, 0.717) is 4.88 Å². The molecule has 0 bridgehead atoms. The highest BCUT2D eigenvalue weighted by atomic mass is 32.2. The van der Waals surface area contributed by atoms with Gasteiger partial charge in [0.2, 0.25) is 10.0 Å². The number of rotatable bonds is 4. The molecule has 0 amide bonds. The number of nitrogens with zero attached hydrogens (tertiary/aromatic N) is 1. The van der Waals surface area contributed by atoms with Crippen LogP contribution >= 0.6 is 11.3 Å². The van der Waals surface area contributed by atoms with Crippen LogP contribution < -0.4 is 4.72 Å². The molecular formula is C13H18N2O3S2. The van der Waals surface area contributed by atoms with Gasteiger partial charge in [-0.3, -0.25) is 0 Å². The molecule has 3 unspecified atom stereocenters. The largest absolute Gasteiger partial charge is 0.380 e. The van der Waals surface area contributed by atoms with Crippen LogP contribution in [0.5, 0.6) is 0 Å². The van der Waals surface area contributed by atoms with Crippen LogP contribution in [0.15, 0.2) is 16.3 Å². The van der Waals surface area contributed by atoms with Crippen molar-refractivity contribution < 1.29 is 13.2 Å². The van der Waals surface area contributed by atoms with Crippen molar-refractivity contribution in [1.29, 1.82) is 5.26 Å². The number of hydrogen-bond donors (Lipinski definition) is 1. The van der Waals surface area contributed by atoms with Crippen molar-refractivity contribution in [2.75, 3.05) is 7.11 Å². The van der Waals surface area contributed by atoms with E-state index >= 15 is 0 Å². The van der Waals surface area contributed by atoms with E-state index in [9.17, 15) is 8.42 Å². The van der Waals surface area contributed by atoms with Crippen LogP contribution in [0.25, 0.3) is 0 Å². The maximum Gasteiger partial charge on any atom is 0.250 e. The molecule has 1 heterocycles. The fourth-order valence-electron chi connectivity index (χ4n) is 3.12. The Labute approximate surface area is 123 Å². The fourth-order valence-corrected chi connectivity index (χ4v) is 5.72. The average Bonchev–Trinajstić information content (AvgIpc) is 2.86. The summed E-state index contributed by atoms with van der Waals surface area (Å²) >= 11 is 0.981. The van der Waals surface area contributed by atoms with Gasteiger partial charge in [-0.05, 0) is 18.1 Å². The number of nitrogens with one attached hydrogen (secondary N) is 1. The van der Waals surface area contributed by atoms with Gasteiger partial charge in [-0.2, -0.15) is 5.26 Å². The summed E-state index contributed by atoms with van der Waals surface area (Å²) in [5, 5.41) is 8.78. The van der Waals surface area contributed by atoms with Crippen LogP contribution in [-0.2, 0) is 14.8 Å². The highest BCUT2D eigenvalue weighted by molar-refractivity contribution is 7.91. The number of hydrogen-bond acceptors (Lipinski definition) is 5. The molecule has 5 nitrogen and oxygen atoms in total. The third-order valence-corrected chi connectivity index (χ3v) is 6.95. The molecule has 1 N–H and O–H groups in total. The Morgan fingerprint density at radius 1 is 1.45 bits per heavy atom.